The summed E-state index contributed by atoms with van der Waals surface area (Å²) in [6.45, 7) is 4.00. The molecule has 2 rings (SSSR count). The zero-order valence-corrected chi connectivity index (χ0v) is 10.5. The van der Waals surface area contributed by atoms with Crippen molar-refractivity contribution in [2.45, 2.75) is 31.9 Å². The van der Waals surface area contributed by atoms with Gasteiger partial charge in [0, 0.05) is 24.5 Å². The Labute approximate surface area is 104 Å². The molecule has 0 aromatic carbocycles. The Balaban J connectivity index is 1.92. The Kier molecular flexibility index (Phi) is 3.46. The number of likely N-dealkylation sites (tertiary alicyclic amines) is 1. The van der Waals surface area contributed by atoms with Gasteiger partial charge in [-0.3, -0.25) is 4.90 Å². The Morgan fingerprint density at radius 1 is 1.59 bits per heavy atom. The largest absolute Gasteiger partial charge is 0.479 e. The van der Waals surface area contributed by atoms with Crippen LogP contribution in [-0.2, 0) is 11.3 Å². The van der Waals surface area contributed by atoms with Gasteiger partial charge in [0.05, 0.1) is 11.2 Å². The Morgan fingerprint density at radius 3 is 2.71 bits per heavy atom. The molecule has 0 unspecified atom stereocenters. The maximum Gasteiger partial charge on any atom is 0.335 e. The predicted octanol–water partition coefficient (Wildman–Crippen LogP) is 0.863. The van der Waals surface area contributed by atoms with Crippen molar-refractivity contribution in [1.29, 1.82) is 0 Å². The Morgan fingerprint density at radius 2 is 2.24 bits per heavy atom. The molecule has 0 bridgehead atoms. The molecular formula is C11H16N2O3S. The summed E-state index contributed by atoms with van der Waals surface area (Å²) in [5, 5.41) is 18.7. The molecule has 1 aliphatic rings. The van der Waals surface area contributed by atoms with E-state index < -0.39 is 11.6 Å². The first-order valence-corrected chi connectivity index (χ1v) is 6.46. The highest BCUT2D eigenvalue weighted by molar-refractivity contribution is 7.09. The number of rotatable bonds is 3. The summed E-state index contributed by atoms with van der Waals surface area (Å²) in [4.78, 5) is 18.4. The Hall–Kier alpha value is -0.980. The van der Waals surface area contributed by atoms with Gasteiger partial charge in [0.2, 0.25) is 0 Å². The van der Waals surface area contributed by atoms with E-state index in [9.17, 15) is 9.90 Å². The lowest BCUT2D eigenvalue weighted by molar-refractivity contribution is -0.163. The third-order valence-corrected chi connectivity index (χ3v) is 4.21. The van der Waals surface area contributed by atoms with Crippen LogP contribution in [0.2, 0.25) is 0 Å². The lowest BCUT2D eigenvalue weighted by atomic mass is 9.91. The van der Waals surface area contributed by atoms with Gasteiger partial charge in [0.1, 0.15) is 0 Å². The minimum atomic E-state index is -1.53. The highest BCUT2D eigenvalue weighted by atomic mass is 32.1. The van der Waals surface area contributed by atoms with Crippen LogP contribution >= 0.6 is 11.3 Å². The zero-order chi connectivity index (χ0) is 12.5. The molecule has 1 aromatic heterocycles. The summed E-state index contributed by atoms with van der Waals surface area (Å²) in [5.41, 5.74) is 1.33. The first-order chi connectivity index (χ1) is 8.01. The van der Waals surface area contributed by atoms with E-state index in [1.807, 2.05) is 12.4 Å². The van der Waals surface area contributed by atoms with Gasteiger partial charge >= 0.3 is 5.97 Å². The monoisotopic (exact) mass is 256 g/mol. The third kappa shape index (κ3) is 2.65. The highest BCUT2D eigenvalue weighted by Gasteiger charge is 2.39. The van der Waals surface area contributed by atoms with Gasteiger partial charge < -0.3 is 10.2 Å². The standard InChI is InChI=1S/C11H16N2O3S/c1-8-9(17-7-12-8)6-13-4-2-11(16,3-5-13)10(14)15/h7,16H,2-6H2,1H3,(H,14,15). The molecule has 2 heterocycles. The first kappa shape index (κ1) is 12.5. The number of carboxylic acids is 1. The van der Waals surface area contributed by atoms with Crippen LogP contribution in [0.25, 0.3) is 0 Å². The molecule has 1 aromatic rings. The number of carbonyl (C=O) groups is 1. The summed E-state index contributed by atoms with van der Waals surface area (Å²) in [6.07, 6.45) is 0.584. The topological polar surface area (TPSA) is 73.7 Å². The van der Waals surface area contributed by atoms with Crippen molar-refractivity contribution in [3.8, 4) is 0 Å². The number of piperidine rings is 1. The summed E-state index contributed by atoms with van der Waals surface area (Å²) in [7, 11) is 0. The molecular weight excluding hydrogens is 240 g/mol. The smallest absolute Gasteiger partial charge is 0.335 e. The molecule has 0 saturated carbocycles. The van der Waals surface area contributed by atoms with E-state index in [0.717, 1.165) is 12.2 Å². The quantitative estimate of drug-likeness (QED) is 0.839. The minimum Gasteiger partial charge on any atom is -0.479 e. The average molecular weight is 256 g/mol. The van der Waals surface area contributed by atoms with Gasteiger partial charge in [0.25, 0.3) is 0 Å². The van der Waals surface area contributed by atoms with E-state index in [2.05, 4.69) is 9.88 Å². The maximum absolute atomic E-state index is 10.9. The summed E-state index contributed by atoms with van der Waals surface area (Å²) in [6, 6.07) is 0. The van der Waals surface area contributed by atoms with Gasteiger partial charge in [-0.25, -0.2) is 9.78 Å². The van der Waals surface area contributed by atoms with Crippen molar-refractivity contribution < 1.29 is 15.0 Å². The number of hydrogen-bond donors (Lipinski definition) is 2. The van der Waals surface area contributed by atoms with Crippen molar-refractivity contribution in [2.75, 3.05) is 13.1 Å². The maximum atomic E-state index is 10.9. The van der Waals surface area contributed by atoms with E-state index in [1.54, 1.807) is 11.3 Å². The number of aliphatic carboxylic acids is 1. The van der Waals surface area contributed by atoms with Crippen LogP contribution in [0.4, 0.5) is 0 Å². The van der Waals surface area contributed by atoms with Gasteiger partial charge in [-0.2, -0.15) is 0 Å². The highest BCUT2D eigenvalue weighted by Crippen LogP contribution is 2.24. The number of aryl methyl sites for hydroxylation is 1. The molecule has 0 atom stereocenters. The van der Waals surface area contributed by atoms with Crippen LogP contribution in [-0.4, -0.2) is 44.8 Å². The predicted molar refractivity (Wildman–Crippen MR) is 63.9 cm³/mol. The molecule has 1 aliphatic heterocycles. The fourth-order valence-electron chi connectivity index (χ4n) is 1.98. The molecule has 1 fully saturated rings. The number of aromatic nitrogens is 1. The SMILES string of the molecule is Cc1ncsc1CN1CCC(O)(C(=O)O)CC1. The lowest BCUT2D eigenvalue weighted by Gasteiger charge is -2.35. The lowest BCUT2D eigenvalue weighted by Crippen LogP contribution is -2.49. The summed E-state index contributed by atoms with van der Waals surface area (Å²) >= 11 is 1.62. The number of carboxylic acid groups (broad SMARTS) is 1. The fourth-order valence-corrected chi connectivity index (χ4v) is 2.79. The second kappa shape index (κ2) is 4.72. The normalized spacial score (nSPS) is 20.4. The van der Waals surface area contributed by atoms with Crippen molar-refractivity contribution in [2.24, 2.45) is 0 Å². The fraction of sp³-hybridized carbons (Fsp3) is 0.636. The molecule has 94 valence electrons. The van der Waals surface area contributed by atoms with Gasteiger partial charge in [-0.1, -0.05) is 0 Å². The molecule has 17 heavy (non-hydrogen) atoms. The van der Waals surface area contributed by atoms with Crippen LogP contribution in [0.3, 0.4) is 0 Å². The molecule has 0 aliphatic carbocycles. The van der Waals surface area contributed by atoms with Gasteiger partial charge in [-0.15, -0.1) is 11.3 Å². The minimum absolute atomic E-state index is 0.292. The van der Waals surface area contributed by atoms with Crippen LogP contribution < -0.4 is 0 Å². The molecule has 6 heteroatoms. The Bertz CT molecular complexity index is 411. The van der Waals surface area contributed by atoms with Crippen molar-refractivity contribution in [1.82, 2.24) is 9.88 Å². The van der Waals surface area contributed by atoms with Crippen LogP contribution in [0, 0.1) is 6.92 Å². The van der Waals surface area contributed by atoms with Gasteiger partial charge in [0.15, 0.2) is 5.60 Å². The van der Waals surface area contributed by atoms with E-state index in [4.69, 9.17) is 5.11 Å². The van der Waals surface area contributed by atoms with Crippen LogP contribution in [0.15, 0.2) is 5.51 Å². The third-order valence-electron chi connectivity index (χ3n) is 3.29. The second-order valence-electron chi connectivity index (χ2n) is 4.47. The molecule has 0 spiro atoms. The van der Waals surface area contributed by atoms with E-state index in [1.165, 1.54) is 4.88 Å². The molecule has 5 nitrogen and oxygen atoms in total. The zero-order valence-electron chi connectivity index (χ0n) is 9.72. The average Bonchev–Trinajstić information content (AvgIpc) is 2.68. The summed E-state index contributed by atoms with van der Waals surface area (Å²) in [5.74, 6) is -1.11. The second-order valence-corrected chi connectivity index (χ2v) is 5.41. The molecule has 1 saturated heterocycles. The van der Waals surface area contributed by atoms with E-state index in [-0.39, 0.29) is 0 Å². The van der Waals surface area contributed by atoms with Crippen LogP contribution in [0.5, 0.6) is 0 Å². The number of thiazole rings is 1. The van der Waals surface area contributed by atoms with Crippen molar-refractivity contribution in [3.63, 3.8) is 0 Å². The first-order valence-electron chi connectivity index (χ1n) is 5.58. The number of hydrogen-bond acceptors (Lipinski definition) is 5. The van der Waals surface area contributed by atoms with E-state index in [0.29, 0.717) is 25.9 Å². The number of nitrogens with zero attached hydrogens (tertiary/aromatic N) is 2. The molecule has 0 amide bonds. The summed E-state index contributed by atoms with van der Waals surface area (Å²) < 4.78 is 0. The van der Waals surface area contributed by atoms with Crippen LogP contribution in [0.1, 0.15) is 23.4 Å². The van der Waals surface area contributed by atoms with Gasteiger partial charge in [-0.05, 0) is 19.8 Å². The molecule has 2 N–H and O–H groups in total. The van der Waals surface area contributed by atoms with Crippen molar-refractivity contribution >= 4 is 17.3 Å². The number of aliphatic hydroxyl groups is 1. The van der Waals surface area contributed by atoms with E-state index >= 15 is 0 Å². The van der Waals surface area contributed by atoms with Crippen molar-refractivity contribution in [3.05, 3.63) is 16.1 Å². The molecule has 0 radical (unpaired) electrons.